The molecule has 0 unspecified atom stereocenters. The van der Waals surface area contributed by atoms with Gasteiger partial charge in [-0.1, -0.05) is 24.3 Å². The fourth-order valence-electron chi connectivity index (χ4n) is 3.27. The van der Waals surface area contributed by atoms with E-state index < -0.39 is 5.92 Å². The number of hydrogen-bond donors (Lipinski definition) is 1. The number of pyridine rings is 1. The zero-order valence-corrected chi connectivity index (χ0v) is 18.2. The third kappa shape index (κ3) is 5.82. The molecule has 168 valence electrons. The van der Waals surface area contributed by atoms with Gasteiger partial charge in [0.1, 0.15) is 11.6 Å². The first-order valence-corrected chi connectivity index (χ1v) is 10.3. The molecule has 1 N–H and O–H groups in total. The van der Waals surface area contributed by atoms with Gasteiger partial charge < -0.3 is 9.88 Å². The first-order valence-electron chi connectivity index (χ1n) is 10.3. The Morgan fingerprint density at radius 1 is 1.03 bits per heavy atom. The number of halogens is 2. The molecule has 3 aromatic heterocycles. The fraction of sp³-hybridized carbons (Fsp3) is 0.208. The van der Waals surface area contributed by atoms with Gasteiger partial charge in [0, 0.05) is 49.9 Å². The van der Waals surface area contributed by atoms with Gasteiger partial charge >= 0.3 is 0 Å². The molecule has 33 heavy (non-hydrogen) atoms. The first kappa shape index (κ1) is 22.2. The van der Waals surface area contributed by atoms with Crippen LogP contribution in [0.5, 0.6) is 0 Å². The van der Waals surface area contributed by atoms with Crippen molar-refractivity contribution in [2.45, 2.75) is 25.7 Å². The predicted octanol–water partition coefficient (Wildman–Crippen LogP) is 4.16. The highest BCUT2D eigenvalue weighted by Crippen LogP contribution is 2.27. The molecule has 0 aliphatic carbocycles. The minimum atomic E-state index is -3.00. The van der Waals surface area contributed by atoms with Crippen LogP contribution in [0.2, 0.25) is 0 Å². The minimum Gasteiger partial charge on any atom is -0.340 e. The smallest absolute Gasteiger partial charge is 0.270 e. The molecule has 0 aliphatic rings. The molecule has 0 saturated heterocycles. The highest BCUT2D eigenvalue weighted by atomic mass is 19.3. The number of benzene rings is 1. The summed E-state index contributed by atoms with van der Waals surface area (Å²) in [5.41, 5.74) is 3.25. The van der Waals surface area contributed by atoms with E-state index in [9.17, 15) is 13.6 Å². The summed E-state index contributed by atoms with van der Waals surface area (Å²) in [6, 6.07) is 9.84. The Kier molecular flexibility index (Phi) is 6.21. The summed E-state index contributed by atoms with van der Waals surface area (Å²) >= 11 is 0. The molecule has 0 radical (unpaired) electrons. The molecule has 3 heterocycles. The van der Waals surface area contributed by atoms with Crippen LogP contribution in [-0.2, 0) is 30.6 Å². The zero-order chi connectivity index (χ0) is 23.4. The highest BCUT2D eigenvalue weighted by Gasteiger charge is 2.24. The second-order valence-electron chi connectivity index (χ2n) is 7.84. The third-order valence-corrected chi connectivity index (χ3v) is 4.99. The number of rotatable bonds is 7. The van der Waals surface area contributed by atoms with Crippen LogP contribution in [0.1, 0.15) is 29.6 Å². The molecule has 0 atom stereocenters. The van der Waals surface area contributed by atoms with Gasteiger partial charge in [0.05, 0.1) is 24.9 Å². The Morgan fingerprint density at radius 2 is 1.76 bits per heavy atom. The Labute approximate surface area is 189 Å². The zero-order valence-electron chi connectivity index (χ0n) is 18.2. The number of carbonyl (C=O) groups excluding carboxylic acids is 1. The van der Waals surface area contributed by atoms with Gasteiger partial charge in [-0.25, -0.2) is 28.7 Å². The number of nitrogens with zero attached hydrogens (tertiary/aromatic N) is 5. The van der Waals surface area contributed by atoms with Gasteiger partial charge in [-0.15, -0.1) is 0 Å². The largest absolute Gasteiger partial charge is 0.340 e. The number of anilines is 1. The van der Waals surface area contributed by atoms with Gasteiger partial charge in [-0.3, -0.25) is 4.79 Å². The summed E-state index contributed by atoms with van der Waals surface area (Å²) < 4.78 is 28.8. The van der Waals surface area contributed by atoms with Gasteiger partial charge in [0.2, 0.25) is 5.91 Å². The van der Waals surface area contributed by atoms with Gasteiger partial charge in [-0.2, -0.15) is 0 Å². The van der Waals surface area contributed by atoms with E-state index in [0.717, 1.165) is 29.3 Å². The van der Waals surface area contributed by atoms with Crippen LogP contribution in [0, 0.1) is 0 Å². The van der Waals surface area contributed by atoms with E-state index in [2.05, 4.69) is 25.3 Å². The summed E-state index contributed by atoms with van der Waals surface area (Å²) in [6.07, 6.45) is 9.09. The molecule has 1 amide bonds. The van der Waals surface area contributed by atoms with Crippen molar-refractivity contribution in [1.29, 1.82) is 0 Å². The van der Waals surface area contributed by atoms with Gasteiger partial charge in [0.15, 0.2) is 0 Å². The maximum absolute atomic E-state index is 13.5. The van der Waals surface area contributed by atoms with Crippen molar-refractivity contribution < 1.29 is 13.6 Å². The number of alkyl halides is 2. The molecular weight excluding hydrogens is 426 g/mol. The Balaban J connectivity index is 1.36. The Morgan fingerprint density at radius 3 is 2.39 bits per heavy atom. The molecule has 0 saturated carbocycles. The first-order chi connectivity index (χ1) is 15.8. The molecule has 1 aromatic carbocycles. The SMILES string of the molecule is Cn1cnc(Cc2ncc(-c3ccc(CC(=O)Nc4cc(C(C)(F)F)ccn4)cc3)cn2)c1. The number of nitrogens with one attached hydrogen (secondary N) is 1. The number of carbonyl (C=O) groups is 1. The molecule has 9 heteroatoms. The van der Waals surface area contributed by atoms with E-state index in [1.807, 2.05) is 42.1 Å². The summed E-state index contributed by atoms with van der Waals surface area (Å²) in [5.74, 6) is -2.56. The van der Waals surface area contributed by atoms with E-state index in [4.69, 9.17) is 0 Å². The number of imidazole rings is 1. The fourth-order valence-corrected chi connectivity index (χ4v) is 3.27. The van der Waals surface area contributed by atoms with E-state index in [-0.39, 0.29) is 23.7 Å². The lowest BCUT2D eigenvalue weighted by Crippen LogP contribution is -2.16. The number of aryl methyl sites for hydroxylation is 1. The van der Waals surface area contributed by atoms with Gasteiger partial charge in [-0.05, 0) is 23.3 Å². The number of aromatic nitrogens is 5. The summed E-state index contributed by atoms with van der Waals surface area (Å²) in [6.45, 7) is 0.800. The van der Waals surface area contributed by atoms with Gasteiger partial charge in [0.25, 0.3) is 5.92 Å². The van der Waals surface area contributed by atoms with Crippen LogP contribution in [0.25, 0.3) is 11.1 Å². The molecule has 0 spiro atoms. The normalized spacial score (nSPS) is 11.4. The maximum Gasteiger partial charge on any atom is 0.270 e. The molecule has 7 nitrogen and oxygen atoms in total. The van der Waals surface area contributed by atoms with E-state index >= 15 is 0 Å². The van der Waals surface area contributed by atoms with E-state index in [0.29, 0.717) is 12.2 Å². The van der Waals surface area contributed by atoms with Crippen molar-refractivity contribution in [1.82, 2.24) is 24.5 Å². The topological polar surface area (TPSA) is 85.6 Å². The van der Waals surface area contributed by atoms with Crippen molar-refractivity contribution in [3.8, 4) is 11.1 Å². The van der Waals surface area contributed by atoms with Crippen LogP contribution < -0.4 is 5.32 Å². The Bertz CT molecular complexity index is 1250. The molecule has 4 rings (SSSR count). The van der Waals surface area contributed by atoms with Crippen molar-refractivity contribution >= 4 is 11.7 Å². The highest BCUT2D eigenvalue weighted by molar-refractivity contribution is 5.91. The lowest BCUT2D eigenvalue weighted by atomic mass is 10.0. The standard InChI is InChI=1S/C24H22F2N6O/c1-24(25,26)19-7-8-27-22(10-19)31-23(33)9-16-3-5-17(6-4-16)18-12-28-21(29-13-18)11-20-14-32(2)15-30-20/h3-8,10,12-15H,9,11H2,1-2H3,(H,27,31,33). The van der Waals surface area contributed by atoms with E-state index in [1.165, 1.54) is 18.3 Å². The second kappa shape index (κ2) is 9.23. The third-order valence-electron chi connectivity index (χ3n) is 4.99. The second-order valence-corrected chi connectivity index (χ2v) is 7.84. The molecule has 4 aromatic rings. The predicted molar refractivity (Wildman–Crippen MR) is 120 cm³/mol. The average molecular weight is 448 g/mol. The summed E-state index contributed by atoms with van der Waals surface area (Å²) in [7, 11) is 1.91. The van der Waals surface area contributed by atoms with Crippen molar-refractivity contribution in [3.05, 3.63) is 90.2 Å². The average Bonchev–Trinajstić information content (AvgIpc) is 3.19. The van der Waals surface area contributed by atoms with Crippen LogP contribution in [0.4, 0.5) is 14.6 Å². The lowest BCUT2D eigenvalue weighted by molar-refractivity contribution is -0.115. The maximum atomic E-state index is 13.5. The quantitative estimate of drug-likeness (QED) is 0.459. The summed E-state index contributed by atoms with van der Waals surface area (Å²) in [4.78, 5) is 29.4. The van der Waals surface area contributed by atoms with E-state index in [1.54, 1.807) is 18.7 Å². The van der Waals surface area contributed by atoms with Crippen LogP contribution in [0.3, 0.4) is 0 Å². The van der Waals surface area contributed by atoms with Crippen LogP contribution in [-0.4, -0.2) is 30.4 Å². The molecule has 0 fully saturated rings. The Hall–Kier alpha value is -4.01. The van der Waals surface area contributed by atoms with Crippen LogP contribution in [0.15, 0.2) is 67.5 Å². The van der Waals surface area contributed by atoms with Crippen molar-refractivity contribution in [2.75, 3.05) is 5.32 Å². The molecule has 0 aliphatic heterocycles. The molecule has 0 bridgehead atoms. The monoisotopic (exact) mass is 448 g/mol. The lowest BCUT2D eigenvalue weighted by Gasteiger charge is -2.12. The summed E-state index contributed by atoms with van der Waals surface area (Å²) in [5, 5.41) is 2.57. The van der Waals surface area contributed by atoms with Crippen molar-refractivity contribution in [2.24, 2.45) is 7.05 Å². The van der Waals surface area contributed by atoms with Crippen molar-refractivity contribution in [3.63, 3.8) is 0 Å². The minimum absolute atomic E-state index is 0.0915. The number of amides is 1. The number of hydrogen-bond acceptors (Lipinski definition) is 5. The van der Waals surface area contributed by atoms with Crippen LogP contribution >= 0.6 is 0 Å². The molecular formula is C24H22F2N6O.